The number of para-hydroxylation sites is 1. The smallest absolute Gasteiger partial charge is 0.296 e. The van der Waals surface area contributed by atoms with E-state index >= 15 is 0 Å². The van der Waals surface area contributed by atoms with E-state index in [1.807, 2.05) is 24.3 Å². The third kappa shape index (κ3) is 4.43. The van der Waals surface area contributed by atoms with Crippen molar-refractivity contribution >= 4 is 32.1 Å². The molecule has 6 heteroatoms. The Kier molecular flexibility index (Phi) is 5.26. The number of fused-ring (bicyclic) bond motifs is 1. The van der Waals surface area contributed by atoms with Crippen molar-refractivity contribution in [3.8, 4) is 5.75 Å². The van der Waals surface area contributed by atoms with Crippen LogP contribution in [0.15, 0.2) is 64.0 Å². The van der Waals surface area contributed by atoms with Gasteiger partial charge in [0.05, 0.1) is 13.4 Å². The van der Waals surface area contributed by atoms with E-state index in [9.17, 15) is 8.42 Å². The Morgan fingerprint density at radius 3 is 2.59 bits per heavy atom. The first-order valence-corrected chi connectivity index (χ1v) is 8.59. The summed E-state index contributed by atoms with van der Waals surface area (Å²) in [5, 5.41) is 0. The zero-order valence-electron chi connectivity index (χ0n) is 12.8. The second-order valence-electron chi connectivity index (χ2n) is 4.24. The average Bonchev–Trinajstić information content (AvgIpc) is 2.56. The Bertz CT molecular complexity index is 801. The van der Waals surface area contributed by atoms with Gasteiger partial charge in [-0.3, -0.25) is 4.18 Å². The van der Waals surface area contributed by atoms with Crippen LogP contribution in [-0.2, 0) is 14.3 Å². The Morgan fingerprint density at radius 1 is 1.23 bits per heavy atom. The van der Waals surface area contributed by atoms with Gasteiger partial charge in [0.1, 0.15) is 12.4 Å². The molecule has 1 heterocycles. The van der Waals surface area contributed by atoms with Gasteiger partial charge in [-0.2, -0.15) is 8.42 Å². The maximum Gasteiger partial charge on any atom is 0.296 e. The summed E-state index contributed by atoms with van der Waals surface area (Å²) in [5.41, 5.74) is 0.888. The van der Waals surface area contributed by atoms with Gasteiger partial charge in [-0.05, 0) is 36.4 Å². The molecular weight excluding hydrogens is 368 g/mol. The highest BCUT2D eigenvalue weighted by Crippen LogP contribution is 2.21. The third-order valence-electron chi connectivity index (χ3n) is 2.79. The summed E-state index contributed by atoms with van der Waals surface area (Å²) in [5.74, 6) is 0.819. The molecule has 3 rings (SSSR count). The standard InChI is InChI=1S/C9H8O.C7H7BrO3S/c1-2-6-9-8(4-1)5-3-7-10-9;1-11-12(9,10)7-4-2-6(8)3-5-7/h1-6H,7H2;2-5H,1H3/i4D;. The first kappa shape index (κ1) is 15.3. The van der Waals surface area contributed by atoms with Crippen molar-refractivity contribution in [2.75, 3.05) is 13.7 Å². The van der Waals surface area contributed by atoms with Crippen molar-refractivity contribution in [1.29, 1.82) is 0 Å². The average molecular weight is 384 g/mol. The van der Waals surface area contributed by atoms with E-state index in [0.29, 0.717) is 12.6 Å². The van der Waals surface area contributed by atoms with Crippen LogP contribution in [0.3, 0.4) is 0 Å². The fourth-order valence-corrected chi connectivity index (χ4v) is 2.62. The van der Waals surface area contributed by atoms with Crippen LogP contribution >= 0.6 is 15.9 Å². The highest BCUT2D eigenvalue weighted by molar-refractivity contribution is 9.10. The first-order valence-electron chi connectivity index (χ1n) is 6.89. The maximum absolute atomic E-state index is 11.1. The van der Waals surface area contributed by atoms with Gasteiger partial charge in [-0.25, -0.2) is 0 Å². The molecule has 0 saturated heterocycles. The van der Waals surface area contributed by atoms with E-state index in [0.717, 1.165) is 22.9 Å². The van der Waals surface area contributed by atoms with Crippen molar-refractivity contribution in [2.24, 2.45) is 0 Å². The predicted octanol–water partition coefficient (Wildman–Crippen LogP) is 3.88. The number of ether oxygens (including phenoxy) is 1. The zero-order chi connectivity index (χ0) is 16.9. The highest BCUT2D eigenvalue weighted by Gasteiger charge is 2.11. The second kappa shape index (κ2) is 7.58. The predicted molar refractivity (Wildman–Crippen MR) is 89.3 cm³/mol. The third-order valence-corrected chi connectivity index (χ3v) is 4.61. The SMILES string of the molecule is COS(=O)(=O)c1ccc(Br)cc1.[2H]c1cccc2c1C=CCO2. The lowest BCUT2D eigenvalue weighted by atomic mass is 10.1. The molecule has 0 radical (unpaired) electrons. The van der Waals surface area contributed by atoms with E-state index in [-0.39, 0.29) is 4.90 Å². The molecule has 0 N–H and O–H groups in total. The summed E-state index contributed by atoms with van der Waals surface area (Å²) in [4.78, 5) is 0.160. The largest absolute Gasteiger partial charge is 0.489 e. The Balaban J connectivity index is 0.000000167. The fourth-order valence-electron chi connectivity index (χ4n) is 1.69. The lowest BCUT2D eigenvalue weighted by Crippen LogP contribution is -2.01. The number of halogens is 1. The van der Waals surface area contributed by atoms with Crippen molar-refractivity contribution < 1.29 is 18.7 Å². The maximum atomic E-state index is 11.1. The number of benzene rings is 2. The molecule has 0 aromatic heterocycles. The Hall–Kier alpha value is -1.63. The van der Waals surface area contributed by atoms with Crippen LogP contribution in [0.1, 0.15) is 6.93 Å². The quantitative estimate of drug-likeness (QED) is 0.738. The zero-order valence-corrected chi connectivity index (χ0v) is 14.2. The molecule has 116 valence electrons. The highest BCUT2D eigenvalue weighted by atomic mass is 79.9. The topological polar surface area (TPSA) is 52.6 Å². The van der Waals surface area contributed by atoms with E-state index < -0.39 is 10.1 Å². The summed E-state index contributed by atoms with van der Waals surface area (Å²) in [6, 6.07) is 12.2. The molecule has 0 unspecified atom stereocenters. The van der Waals surface area contributed by atoms with Crippen molar-refractivity contribution in [3.63, 3.8) is 0 Å². The van der Waals surface area contributed by atoms with Gasteiger partial charge < -0.3 is 4.74 Å². The van der Waals surface area contributed by atoms with Gasteiger partial charge in [0.15, 0.2) is 0 Å². The van der Waals surface area contributed by atoms with Gasteiger partial charge in [0, 0.05) is 10.0 Å². The minimum atomic E-state index is -3.54. The fraction of sp³-hybridized carbons (Fsp3) is 0.125. The van der Waals surface area contributed by atoms with Crippen LogP contribution in [-0.4, -0.2) is 22.1 Å². The summed E-state index contributed by atoms with van der Waals surface area (Å²) < 4.78 is 40.1. The number of hydrogen-bond donors (Lipinski definition) is 0. The molecule has 0 aliphatic carbocycles. The van der Waals surface area contributed by atoms with Gasteiger partial charge >= 0.3 is 0 Å². The molecule has 0 spiro atoms. The van der Waals surface area contributed by atoms with Gasteiger partial charge in [-0.15, -0.1) is 0 Å². The monoisotopic (exact) mass is 383 g/mol. The molecule has 0 bridgehead atoms. The molecular formula is C16H15BrO4S. The Labute approximate surface area is 140 Å². The summed E-state index contributed by atoms with van der Waals surface area (Å²) >= 11 is 3.20. The van der Waals surface area contributed by atoms with E-state index in [2.05, 4.69) is 20.1 Å². The first-order chi connectivity index (χ1) is 10.9. The summed E-state index contributed by atoms with van der Waals surface area (Å²) in [6.45, 7) is 0.621. The van der Waals surface area contributed by atoms with Crippen LogP contribution in [0.2, 0.25) is 0 Å². The molecule has 1 aliphatic rings. The molecule has 22 heavy (non-hydrogen) atoms. The molecule has 2 aromatic carbocycles. The van der Waals surface area contributed by atoms with Gasteiger partial charge in [0.25, 0.3) is 10.1 Å². The van der Waals surface area contributed by atoms with E-state index in [1.165, 1.54) is 12.1 Å². The van der Waals surface area contributed by atoms with Crippen LogP contribution in [0, 0.1) is 0 Å². The molecule has 0 atom stereocenters. The van der Waals surface area contributed by atoms with Gasteiger partial charge in [-0.1, -0.05) is 40.2 Å². The van der Waals surface area contributed by atoms with Crippen molar-refractivity contribution in [1.82, 2.24) is 0 Å². The van der Waals surface area contributed by atoms with Crippen molar-refractivity contribution in [3.05, 3.63) is 64.6 Å². The van der Waals surface area contributed by atoms with Crippen LogP contribution in [0.5, 0.6) is 5.75 Å². The van der Waals surface area contributed by atoms with Crippen molar-refractivity contribution in [2.45, 2.75) is 4.90 Å². The van der Waals surface area contributed by atoms with E-state index in [4.69, 9.17) is 6.11 Å². The van der Waals surface area contributed by atoms with Crippen LogP contribution in [0.25, 0.3) is 6.08 Å². The molecule has 1 aliphatic heterocycles. The normalized spacial score (nSPS) is 13.3. The number of hydrogen-bond acceptors (Lipinski definition) is 4. The molecule has 0 amide bonds. The molecule has 0 saturated carbocycles. The molecule has 2 aromatic rings. The molecule has 0 fully saturated rings. The summed E-state index contributed by atoms with van der Waals surface area (Å²) in [6.07, 6.45) is 3.85. The number of rotatable bonds is 2. The Morgan fingerprint density at radius 2 is 1.95 bits per heavy atom. The lowest BCUT2D eigenvalue weighted by Gasteiger charge is -2.10. The summed E-state index contributed by atoms with van der Waals surface area (Å²) in [7, 11) is -2.40. The van der Waals surface area contributed by atoms with Crippen LogP contribution < -0.4 is 4.74 Å². The van der Waals surface area contributed by atoms with E-state index in [1.54, 1.807) is 18.2 Å². The lowest BCUT2D eigenvalue weighted by molar-refractivity contribution is 0.358. The van der Waals surface area contributed by atoms with Gasteiger partial charge in [0.2, 0.25) is 0 Å². The van der Waals surface area contributed by atoms with Crippen LogP contribution in [0.4, 0.5) is 0 Å². The second-order valence-corrected chi connectivity index (χ2v) is 6.86. The molecule has 4 nitrogen and oxygen atoms in total. The minimum Gasteiger partial charge on any atom is -0.489 e. The minimum absolute atomic E-state index is 0.160.